The first-order valence-corrected chi connectivity index (χ1v) is 8.50. The van der Waals surface area contributed by atoms with E-state index in [4.69, 9.17) is 0 Å². The molecule has 3 rings (SSSR count). The third kappa shape index (κ3) is 4.85. The topological polar surface area (TPSA) is 61.6 Å². The van der Waals surface area contributed by atoms with Gasteiger partial charge < -0.3 is 19.7 Å². The molecule has 1 aromatic heterocycles. The molecule has 1 aliphatic rings. The zero-order valence-electron chi connectivity index (χ0n) is 15.6. The molecule has 0 saturated carbocycles. The van der Waals surface area contributed by atoms with Gasteiger partial charge in [0, 0.05) is 46.3 Å². The van der Waals surface area contributed by atoms with Crippen molar-refractivity contribution in [3.05, 3.63) is 41.5 Å². The summed E-state index contributed by atoms with van der Waals surface area (Å²) >= 11 is 0. The van der Waals surface area contributed by atoms with Gasteiger partial charge in [-0.2, -0.15) is 0 Å². The Morgan fingerprint density at radius 2 is 1.89 bits per heavy atom. The molecule has 1 aromatic carbocycles. The van der Waals surface area contributed by atoms with Gasteiger partial charge in [0.2, 0.25) is 0 Å². The lowest BCUT2D eigenvalue weighted by Gasteiger charge is -2.37. The Labute approximate surface area is 174 Å². The van der Waals surface area contributed by atoms with Gasteiger partial charge in [0.05, 0.1) is 12.2 Å². The number of hydrogen-bond acceptors (Lipinski definition) is 4. The van der Waals surface area contributed by atoms with Crippen LogP contribution in [0.15, 0.2) is 23.2 Å². The Morgan fingerprint density at radius 3 is 2.48 bits per heavy atom. The van der Waals surface area contributed by atoms with Crippen LogP contribution in [0.5, 0.6) is 0 Å². The Kier molecular flexibility index (Phi) is 7.33. The van der Waals surface area contributed by atoms with E-state index >= 15 is 0 Å². The number of aliphatic imine (C=N–C) groups is 1. The summed E-state index contributed by atoms with van der Waals surface area (Å²) in [6.45, 7) is 4.91. The highest BCUT2D eigenvalue weighted by Gasteiger charge is 2.22. The molecule has 0 bridgehead atoms. The quantitative estimate of drug-likeness (QED) is 0.404. The maximum absolute atomic E-state index is 14.0. The van der Waals surface area contributed by atoms with Crippen LogP contribution in [0.1, 0.15) is 11.6 Å². The largest absolute Gasteiger partial charge is 0.366 e. The van der Waals surface area contributed by atoms with Crippen LogP contribution in [0.25, 0.3) is 0 Å². The van der Waals surface area contributed by atoms with Gasteiger partial charge >= 0.3 is 0 Å². The van der Waals surface area contributed by atoms with Crippen molar-refractivity contribution < 1.29 is 8.78 Å². The average Bonchev–Trinajstić information content (AvgIpc) is 2.97. The van der Waals surface area contributed by atoms with Gasteiger partial charge in [-0.15, -0.1) is 34.2 Å². The van der Waals surface area contributed by atoms with E-state index in [1.807, 2.05) is 23.4 Å². The van der Waals surface area contributed by atoms with Gasteiger partial charge in [0.15, 0.2) is 11.8 Å². The van der Waals surface area contributed by atoms with Crippen molar-refractivity contribution >= 4 is 35.6 Å². The molecule has 7 nitrogen and oxygen atoms in total. The van der Waals surface area contributed by atoms with Crippen molar-refractivity contribution in [1.82, 2.24) is 25.0 Å². The molecule has 2 aromatic rings. The third-order valence-electron chi connectivity index (χ3n) is 4.63. The lowest BCUT2D eigenvalue weighted by molar-refractivity contribution is 0.369. The number of benzene rings is 1. The van der Waals surface area contributed by atoms with Crippen LogP contribution in [0.3, 0.4) is 0 Å². The molecule has 2 heterocycles. The van der Waals surface area contributed by atoms with Gasteiger partial charge in [-0.25, -0.2) is 8.78 Å². The molecule has 0 amide bonds. The van der Waals surface area contributed by atoms with Crippen LogP contribution >= 0.6 is 24.0 Å². The van der Waals surface area contributed by atoms with E-state index < -0.39 is 11.6 Å². The molecular weight excluding hydrogens is 467 g/mol. The predicted molar refractivity (Wildman–Crippen MR) is 111 cm³/mol. The van der Waals surface area contributed by atoms with E-state index in [9.17, 15) is 8.78 Å². The Hall–Kier alpha value is -1.98. The Balaban J connectivity index is 0.00000261. The molecule has 1 saturated heterocycles. The first-order valence-electron chi connectivity index (χ1n) is 8.50. The summed E-state index contributed by atoms with van der Waals surface area (Å²) in [6, 6.07) is 3.55. The van der Waals surface area contributed by atoms with E-state index in [2.05, 4.69) is 25.4 Å². The summed E-state index contributed by atoms with van der Waals surface area (Å²) in [7, 11) is 3.64. The number of halogens is 3. The molecule has 10 heteroatoms. The van der Waals surface area contributed by atoms with Gasteiger partial charge in [0.25, 0.3) is 0 Å². The fraction of sp³-hybridized carbons (Fsp3) is 0.471. The molecule has 0 unspecified atom stereocenters. The number of hydrogen-bond donors (Lipinski definition) is 1. The van der Waals surface area contributed by atoms with Crippen LogP contribution in [-0.4, -0.2) is 58.9 Å². The highest BCUT2D eigenvalue weighted by atomic mass is 127. The molecule has 148 valence electrons. The minimum absolute atomic E-state index is 0. The van der Waals surface area contributed by atoms with Gasteiger partial charge in [-0.1, -0.05) is 0 Å². The zero-order valence-corrected chi connectivity index (χ0v) is 17.9. The van der Waals surface area contributed by atoms with Crippen molar-refractivity contribution in [3.63, 3.8) is 0 Å². The lowest BCUT2D eigenvalue weighted by atomic mass is 10.2. The van der Waals surface area contributed by atoms with Crippen molar-refractivity contribution in [3.8, 4) is 0 Å². The molecule has 1 N–H and O–H groups in total. The second kappa shape index (κ2) is 9.29. The molecule has 27 heavy (non-hydrogen) atoms. The Morgan fingerprint density at radius 1 is 1.19 bits per heavy atom. The Bertz CT molecular complexity index is 801. The highest BCUT2D eigenvalue weighted by molar-refractivity contribution is 14.0. The molecule has 0 atom stereocenters. The normalized spacial score (nSPS) is 14.9. The maximum atomic E-state index is 14.0. The van der Waals surface area contributed by atoms with Crippen LogP contribution in [0.4, 0.5) is 14.5 Å². The second-order valence-corrected chi connectivity index (χ2v) is 6.19. The molecule has 0 spiro atoms. The van der Waals surface area contributed by atoms with Crippen molar-refractivity contribution in [2.45, 2.75) is 13.5 Å². The van der Waals surface area contributed by atoms with Crippen molar-refractivity contribution in [2.75, 3.05) is 38.1 Å². The van der Waals surface area contributed by atoms with E-state index in [0.29, 0.717) is 38.4 Å². The van der Waals surface area contributed by atoms with Crippen LogP contribution in [0, 0.1) is 18.6 Å². The van der Waals surface area contributed by atoms with Crippen molar-refractivity contribution in [2.24, 2.45) is 12.0 Å². The molecule has 1 aliphatic heterocycles. The minimum Gasteiger partial charge on any atom is -0.366 e. The number of anilines is 1. The fourth-order valence-corrected chi connectivity index (χ4v) is 2.98. The van der Waals surface area contributed by atoms with Crippen LogP contribution in [-0.2, 0) is 13.6 Å². The van der Waals surface area contributed by atoms with Crippen LogP contribution in [0.2, 0.25) is 0 Å². The third-order valence-corrected chi connectivity index (χ3v) is 4.63. The number of rotatable bonds is 3. The summed E-state index contributed by atoms with van der Waals surface area (Å²) in [5, 5.41) is 11.5. The predicted octanol–water partition coefficient (Wildman–Crippen LogP) is 1.92. The zero-order chi connectivity index (χ0) is 18.7. The average molecular weight is 491 g/mol. The molecule has 0 radical (unpaired) electrons. The van der Waals surface area contributed by atoms with Gasteiger partial charge in [0.1, 0.15) is 17.5 Å². The number of aryl methyl sites for hydroxylation is 1. The maximum Gasteiger partial charge on any atom is 0.194 e. The van der Waals surface area contributed by atoms with E-state index in [-0.39, 0.29) is 24.0 Å². The minimum atomic E-state index is -0.430. The molecule has 0 aliphatic carbocycles. The fourth-order valence-electron chi connectivity index (χ4n) is 2.98. The SMILES string of the molecule is CN=C(NCc1nnc(C)n1C)N1CCN(c2cc(F)ccc2F)CC1.I. The number of nitrogens with one attached hydrogen (secondary N) is 1. The van der Waals surface area contributed by atoms with Crippen molar-refractivity contribution in [1.29, 1.82) is 0 Å². The number of guanidine groups is 1. The number of nitrogens with zero attached hydrogens (tertiary/aromatic N) is 6. The van der Waals surface area contributed by atoms with E-state index in [1.54, 1.807) is 7.05 Å². The monoisotopic (exact) mass is 491 g/mol. The summed E-state index contributed by atoms with van der Waals surface area (Å²) in [5.74, 6) is 1.59. The smallest absolute Gasteiger partial charge is 0.194 e. The number of aromatic nitrogens is 3. The van der Waals surface area contributed by atoms with E-state index in [0.717, 1.165) is 23.7 Å². The number of piperazine rings is 1. The summed E-state index contributed by atoms with van der Waals surface area (Å²) in [5.41, 5.74) is 0.308. The van der Waals surface area contributed by atoms with E-state index in [1.165, 1.54) is 12.1 Å². The molecular formula is C17H24F2IN7. The first-order chi connectivity index (χ1) is 12.5. The summed E-state index contributed by atoms with van der Waals surface area (Å²) < 4.78 is 29.3. The highest BCUT2D eigenvalue weighted by Crippen LogP contribution is 2.21. The second-order valence-electron chi connectivity index (χ2n) is 6.19. The summed E-state index contributed by atoms with van der Waals surface area (Å²) in [4.78, 5) is 8.26. The van der Waals surface area contributed by atoms with Gasteiger partial charge in [-0.3, -0.25) is 4.99 Å². The van der Waals surface area contributed by atoms with Crippen LogP contribution < -0.4 is 10.2 Å². The lowest BCUT2D eigenvalue weighted by Crippen LogP contribution is -2.52. The summed E-state index contributed by atoms with van der Waals surface area (Å²) in [6.07, 6.45) is 0. The van der Waals surface area contributed by atoms with Gasteiger partial charge in [-0.05, 0) is 19.1 Å². The molecule has 1 fully saturated rings. The first kappa shape index (κ1) is 21.3. The standard InChI is InChI=1S/C17H23F2N7.HI/c1-12-22-23-16(24(12)3)11-21-17(20-2)26-8-6-25(7-9-26)15-10-13(18)4-5-14(15)19;/h4-5,10H,6-9,11H2,1-3H3,(H,20,21);1H.